The van der Waals surface area contributed by atoms with Gasteiger partial charge in [0, 0.05) is 5.56 Å². The molecule has 0 saturated heterocycles. The van der Waals surface area contributed by atoms with Crippen LogP contribution in [0.5, 0.6) is 5.75 Å². The number of hydrogen-bond donors (Lipinski definition) is 2. The molecule has 30 heavy (non-hydrogen) atoms. The maximum absolute atomic E-state index is 12.8. The van der Waals surface area contributed by atoms with Crippen LogP contribution in [0, 0.1) is 0 Å². The molecular weight excluding hydrogens is 390 g/mol. The van der Waals surface area contributed by atoms with Crippen LogP contribution in [0.25, 0.3) is 11.4 Å². The molecule has 0 aliphatic rings. The van der Waals surface area contributed by atoms with Crippen LogP contribution in [0.1, 0.15) is 5.56 Å². The van der Waals surface area contributed by atoms with E-state index < -0.39 is 24.2 Å². The van der Waals surface area contributed by atoms with Gasteiger partial charge in [0.25, 0.3) is 5.56 Å². The van der Waals surface area contributed by atoms with Gasteiger partial charge in [-0.05, 0) is 17.7 Å². The zero-order chi connectivity index (χ0) is 21.5. The Morgan fingerprint density at radius 1 is 1.10 bits per heavy atom. The van der Waals surface area contributed by atoms with Crippen molar-refractivity contribution < 1.29 is 24.2 Å². The lowest BCUT2D eigenvalue weighted by molar-refractivity contribution is -0.137. The van der Waals surface area contributed by atoms with Gasteiger partial charge in [-0.25, -0.2) is 9.78 Å². The highest BCUT2D eigenvalue weighted by atomic mass is 16.5. The Hall–Kier alpha value is -4.14. The summed E-state index contributed by atoms with van der Waals surface area (Å²) in [5.41, 5.74) is 0.416. The molecule has 0 radical (unpaired) electrons. The van der Waals surface area contributed by atoms with Gasteiger partial charge in [0.1, 0.15) is 30.4 Å². The van der Waals surface area contributed by atoms with E-state index in [0.717, 1.165) is 10.1 Å². The highest BCUT2D eigenvalue weighted by Gasteiger charge is 2.16. The van der Waals surface area contributed by atoms with Gasteiger partial charge >= 0.3 is 12.1 Å². The minimum atomic E-state index is -1.21. The van der Waals surface area contributed by atoms with E-state index >= 15 is 0 Å². The molecule has 3 rings (SSSR count). The molecule has 0 saturated carbocycles. The molecule has 0 unspecified atom stereocenters. The van der Waals surface area contributed by atoms with Gasteiger partial charge in [0.2, 0.25) is 0 Å². The molecule has 0 aliphatic heterocycles. The van der Waals surface area contributed by atoms with E-state index in [1.807, 2.05) is 0 Å². The second kappa shape index (κ2) is 9.37. The van der Waals surface area contributed by atoms with Crippen LogP contribution < -0.4 is 15.6 Å². The van der Waals surface area contributed by atoms with Gasteiger partial charge in [-0.2, -0.15) is 0 Å². The fourth-order valence-electron chi connectivity index (χ4n) is 2.69. The second-order valence-corrected chi connectivity index (χ2v) is 6.20. The number of carbonyl (C=O) groups excluding carboxylic acids is 1. The number of nitrogens with zero attached hydrogens (tertiary/aromatic N) is 2. The van der Waals surface area contributed by atoms with Crippen LogP contribution in [0.2, 0.25) is 0 Å². The van der Waals surface area contributed by atoms with Crippen molar-refractivity contribution in [2.24, 2.45) is 0 Å². The van der Waals surface area contributed by atoms with Gasteiger partial charge in [0.15, 0.2) is 0 Å². The van der Waals surface area contributed by atoms with Crippen molar-refractivity contribution in [1.29, 1.82) is 0 Å². The fraction of sp³-hybridized carbons (Fsp3) is 0.143. The average Bonchev–Trinajstić information content (AvgIpc) is 2.76. The van der Waals surface area contributed by atoms with Crippen LogP contribution in [0.3, 0.4) is 0 Å². The standard InChI is InChI=1S/C21H19N3O6/c1-29-16-9-7-14(8-10-16)13-30-21(28)23-17-11-22-19(15-5-3-2-4-6-15)24(20(17)27)12-18(25)26/h2-11H,12-13H2,1H3,(H,23,28)(H,25,26). The van der Waals surface area contributed by atoms with Crippen molar-refractivity contribution in [2.75, 3.05) is 12.4 Å². The van der Waals surface area contributed by atoms with Crippen molar-refractivity contribution >= 4 is 17.7 Å². The molecule has 3 aromatic rings. The lowest BCUT2D eigenvalue weighted by Gasteiger charge is -2.13. The predicted molar refractivity (Wildman–Crippen MR) is 108 cm³/mol. The fourth-order valence-corrected chi connectivity index (χ4v) is 2.69. The molecule has 2 aromatic carbocycles. The van der Waals surface area contributed by atoms with Crippen LogP contribution in [-0.2, 0) is 22.7 Å². The average molecular weight is 409 g/mol. The number of hydrogen-bond acceptors (Lipinski definition) is 6. The van der Waals surface area contributed by atoms with Gasteiger partial charge in [-0.3, -0.25) is 19.5 Å². The largest absolute Gasteiger partial charge is 0.497 e. The summed E-state index contributed by atoms with van der Waals surface area (Å²) in [6, 6.07) is 15.6. The van der Waals surface area contributed by atoms with E-state index in [-0.39, 0.29) is 18.1 Å². The van der Waals surface area contributed by atoms with E-state index in [2.05, 4.69) is 10.3 Å². The molecule has 154 valence electrons. The maximum Gasteiger partial charge on any atom is 0.412 e. The van der Waals surface area contributed by atoms with E-state index in [9.17, 15) is 19.5 Å². The highest BCUT2D eigenvalue weighted by molar-refractivity contribution is 5.84. The predicted octanol–water partition coefficient (Wildman–Crippen LogP) is 2.75. The number of anilines is 1. The summed E-state index contributed by atoms with van der Waals surface area (Å²) < 4.78 is 11.2. The molecule has 0 spiro atoms. The second-order valence-electron chi connectivity index (χ2n) is 6.20. The first-order valence-electron chi connectivity index (χ1n) is 8.91. The van der Waals surface area contributed by atoms with Crippen molar-refractivity contribution in [3.05, 3.63) is 76.7 Å². The third kappa shape index (κ3) is 5.02. The summed E-state index contributed by atoms with van der Waals surface area (Å²) in [5, 5.41) is 11.5. The van der Waals surface area contributed by atoms with Crippen LogP contribution in [-0.4, -0.2) is 33.8 Å². The highest BCUT2D eigenvalue weighted by Crippen LogP contribution is 2.16. The maximum atomic E-state index is 12.8. The third-order valence-electron chi connectivity index (χ3n) is 4.14. The van der Waals surface area contributed by atoms with E-state index in [0.29, 0.717) is 11.3 Å². The zero-order valence-electron chi connectivity index (χ0n) is 16.1. The molecule has 0 aliphatic carbocycles. The van der Waals surface area contributed by atoms with Crippen molar-refractivity contribution in [1.82, 2.24) is 9.55 Å². The summed E-state index contributed by atoms with van der Waals surface area (Å²) in [4.78, 5) is 40.3. The lowest BCUT2D eigenvalue weighted by atomic mass is 10.2. The van der Waals surface area contributed by atoms with Crippen molar-refractivity contribution in [3.63, 3.8) is 0 Å². The quantitative estimate of drug-likeness (QED) is 0.616. The summed E-state index contributed by atoms with van der Waals surface area (Å²) in [7, 11) is 1.55. The lowest BCUT2D eigenvalue weighted by Crippen LogP contribution is -2.30. The topological polar surface area (TPSA) is 120 Å². The molecule has 0 fully saturated rings. The Balaban J connectivity index is 1.77. The summed E-state index contributed by atoms with van der Waals surface area (Å²) in [5.74, 6) is -0.359. The van der Waals surface area contributed by atoms with Gasteiger partial charge in [0.05, 0.1) is 13.3 Å². The van der Waals surface area contributed by atoms with Gasteiger partial charge in [-0.1, -0.05) is 42.5 Å². The molecule has 9 nitrogen and oxygen atoms in total. The molecule has 1 aromatic heterocycles. The van der Waals surface area contributed by atoms with Crippen molar-refractivity contribution in [2.45, 2.75) is 13.2 Å². The number of carboxylic acid groups (broad SMARTS) is 1. The molecule has 0 atom stereocenters. The number of amides is 1. The van der Waals surface area contributed by atoms with Crippen molar-refractivity contribution in [3.8, 4) is 17.1 Å². The number of rotatable bonds is 7. The van der Waals surface area contributed by atoms with Crippen LogP contribution in [0.4, 0.5) is 10.5 Å². The Morgan fingerprint density at radius 2 is 1.80 bits per heavy atom. The smallest absolute Gasteiger partial charge is 0.412 e. The first kappa shape index (κ1) is 20.6. The Kier molecular flexibility index (Phi) is 6.43. The number of carbonyl (C=O) groups is 2. The number of nitrogens with one attached hydrogen (secondary N) is 1. The normalized spacial score (nSPS) is 10.3. The molecule has 2 N–H and O–H groups in total. The molecule has 9 heteroatoms. The molecule has 1 heterocycles. The van der Waals surface area contributed by atoms with E-state index in [1.54, 1.807) is 61.7 Å². The third-order valence-corrected chi connectivity index (χ3v) is 4.14. The summed E-state index contributed by atoms with van der Waals surface area (Å²) >= 11 is 0. The van der Waals surface area contributed by atoms with Gasteiger partial charge < -0.3 is 14.6 Å². The SMILES string of the molecule is COc1ccc(COC(=O)Nc2cnc(-c3ccccc3)n(CC(=O)O)c2=O)cc1. The Labute approximate surface area is 171 Å². The monoisotopic (exact) mass is 409 g/mol. The van der Waals surface area contributed by atoms with Gasteiger partial charge in [-0.15, -0.1) is 0 Å². The number of benzene rings is 2. The number of ether oxygens (including phenoxy) is 2. The Bertz CT molecular complexity index is 1090. The molecular formula is C21H19N3O6. The summed E-state index contributed by atoms with van der Waals surface area (Å²) in [6.07, 6.45) is 0.316. The molecule has 1 amide bonds. The number of methoxy groups -OCH3 is 1. The van der Waals surface area contributed by atoms with Crippen LogP contribution in [0.15, 0.2) is 65.6 Å². The van der Waals surface area contributed by atoms with E-state index in [1.165, 1.54) is 6.20 Å². The van der Waals surface area contributed by atoms with E-state index in [4.69, 9.17) is 9.47 Å². The minimum absolute atomic E-state index is 0.0192. The zero-order valence-corrected chi connectivity index (χ0v) is 16.1. The Morgan fingerprint density at radius 3 is 2.43 bits per heavy atom. The number of aliphatic carboxylic acids is 1. The molecule has 0 bridgehead atoms. The van der Waals surface area contributed by atoms with Crippen LogP contribution >= 0.6 is 0 Å². The first-order valence-corrected chi connectivity index (χ1v) is 8.91. The first-order chi connectivity index (χ1) is 14.5. The minimum Gasteiger partial charge on any atom is -0.497 e. The number of carboxylic acids is 1. The summed E-state index contributed by atoms with van der Waals surface area (Å²) in [6.45, 7) is -0.624. The number of aromatic nitrogens is 2.